The Labute approximate surface area is 124 Å². The molecular weight excluding hydrogens is 265 g/mol. The van der Waals surface area contributed by atoms with Crippen molar-refractivity contribution < 1.29 is 4.39 Å². The van der Waals surface area contributed by atoms with Gasteiger partial charge in [0.1, 0.15) is 11.6 Å². The number of hydrogen-bond acceptors (Lipinski definition) is 3. The molecule has 1 aromatic heterocycles. The van der Waals surface area contributed by atoms with Crippen molar-refractivity contribution in [3.05, 3.63) is 53.5 Å². The van der Waals surface area contributed by atoms with E-state index in [1.807, 2.05) is 31.0 Å². The molecule has 110 valence electrons. The predicted octanol–water partition coefficient (Wildman–Crippen LogP) is 3.55. The molecule has 0 amide bonds. The van der Waals surface area contributed by atoms with Crippen molar-refractivity contribution in [1.82, 2.24) is 10.3 Å². The molecule has 0 saturated heterocycles. The van der Waals surface area contributed by atoms with Crippen LogP contribution in [0.15, 0.2) is 36.4 Å². The average Bonchev–Trinajstić information content (AvgIpc) is 3.29. The molecule has 1 fully saturated rings. The van der Waals surface area contributed by atoms with Crippen LogP contribution in [0, 0.1) is 12.7 Å². The number of anilines is 2. The van der Waals surface area contributed by atoms with E-state index in [9.17, 15) is 4.39 Å². The van der Waals surface area contributed by atoms with Crippen LogP contribution in [0.2, 0.25) is 0 Å². The summed E-state index contributed by atoms with van der Waals surface area (Å²) in [7, 11) is 1.90. The number of aromatic nitrogens is 1. The van der Waals surface area contributed by atoms with Crippen LogP contribution in [0.3, 0.4) is 0 Å². The smallest absolute Gasteiger partial charge is 0.132 e. The molecule has 1 saturated carbocycles. The minimum atomic E-state index is -0.235. The van der Waals surface area contributed by atoms with E-state index < -0.39 is 0 Å². The van der Waals surface area contributed by atoms with Gasteiger partial charge in [0.05, 0.1) is 0 Å². The van der Waals surface area contributed by atoms with Crippen molar-refractivity contribution >= 4 is 11.5 Å². The van der Waals surface area contributed by atoms with E-state index >= 15 is 0 Å². The lowest BCUT2D eigenvalue weighted by Gasteiger charge is -2.19. The molecule has 3 rings (SSSR count). The van der Waals surface area contributed by atoms with Crippen LogP contribution in [0.25, 0.3) is 0 Å². The molecular formula is C17H20FN3. The third-order valence-electron chi connectivity index (χ3n) is 3.88. The summed E-state index contributed by atoms with van der Waals surface area (Å²) >= 11 is 0. The standard InChI is InChI=1S/C17H20FN3/c1-12-13(11-19-15-7-8-15)6-9-17(20-12)21(2)16-5-3-4-14(18)10-16/h3-6,9-10,15,19H,7-8,11H2,1-2H3. The minimum absolute atomic E-state index is 0.235. The van der Waals surface area contributed by atoms with Crippen molar-refractivity contribution in [2.24, 2.45) is 0 Å². The monoisotopic (exact) mass is 285 g/mol. The predicted molar refractivity (Wildman–Crippen MR) is 83.3 cm³/mol. The number of hydrogen-bond donors (Lipinski definition) is 1. The molecule has 2 aromatic rings. The van der Waals surface area contributed by atoms with E-state index in [4.69, 9.17) is 0 Å². The zero-order chi connectivity index (χ0) is 14.8. The Balaban J connectivity index is 1.76. The maximum absolute atomic E-state index is 13.3. The quantitative estimate of drug-likeness (QED) is 0.910. The van der Waals surface area contributed by atoms with Crippen molar-refractivity contribution in [3.63, 3.8) is 0 Å². The Morgan fingerprint density at radius 2 is 2.10 bits per heavy atom. The molecule has 0 unspecified atom stereocenters. The highest BCUT2D eigenvalue weighted by Gasteiger charge is 2.20. The van der Waals surface area contributed by atoms with Crippen molar-refractivity contribution in [2.45, 2.75) is 32.4 Å². The lowest BCUT2D eigenvalue weighted by molar-refractivity contribution is 0.628. The summed E-state index contributed by atoms with van der Waals surface area (Å²) in [6, 6.07) is 11.3. The molecule has 0 atom stereocenters. The van der Waals surface area contributed by atoms with Gasteiger partial charge >= 0.3 is 0 Å². The molecule has 1 aliphatic rings. The highest BCUT2D eigenvalue weighted by Crippen LogP contribution is 2.24. The zero-order valence-corrected chi connectivity index (χ0v) is 12.4. The largest absolute Gasteiger partial charge is 0.329 e. The highest BCUT2D eigenvalue weighted by atomic mass is 19.1. The number of nitrogens with zero attached hydrogens (tertiary/aromatic N) is 2. The maximum Gasteiger partial charge on any atom is 0.132 e. The minimum Gasteiger partial charge on any atom is -0.329 e. The molecule has 0 bridgehead atoms. The summed E-state index contributed by atoms with van der Waals surface area (Å²) in [5.41, 5.74) is 3.04. The Kier molecular flexibility index (Phi) is 3.88. The summed E-state index contributed by atoms with van der Waals surface area (Å²) in [6.45, 7) is 2.89. The number of aryl methyl sites for hydroxylation is 1. The molecule has 1 N–H and O–H groups in total. The van der Waals surface area contributed by atoms with Crippen LogP contribution >= 0.6 is 0 Å². The van der Waals surface area contributed by atoms with Crippen LogP contribution in [0.4, 0.5) is 15.9 Å². The van der Waals surface area contributed by atoms with Gasteiger partial charge in [0, 0.05) is 31.0 Å². The lowest BCUT2D eigenvalue weighted by Crippen LogP contribution is -2.17. The van der Waals surface area contributed by atoms with Crippen LogP contribution < -0.4 is 10.2 Å². The van der Waals surface area contributed by atoms with E-state index in [1.165, 1.54) is 30.5 Å². The van der Waals surface area contributed by atoms with Gasteiger partial charge in [0.25, 0.3) is 0 Å². The second kappa shape index (κ2) is 5.82. The van der Waals surface area contributed by atoms with E-state index in [2.05, 4.69) is 16.4 Å². The molecule has 4 heteroatoms. The Bertz CT molecular complexity index is 638. The molecule has 1 heterocycles. The Morgan fingerprint density at radius 3 is 2.76 bits per heavy atom. The second-order valence-corrected chi connectivity index (χ2v) is 5.61. The average molecular weight is 285 g/mol. The zero-order valence-electron chi connectivity index (χ0n) is 12.4. The first-order chi connectivity index (χ1) is 10.1. The van der Waals surface area contributed by atoms with Gasteiger partial charge in [-0.1, -0.05) is 12.1 Å². The molecule has 0 radical (unpaired) electrons. The topological polar surface area (TPSA) is 28.2 Å². The van der Waals surface area contributed by atoms with Gasteiger partial charge in [-0.2, -0.15) is 0 Å². The van der Waals surface area contributed by atoms with Crippen LogP contribution in [0.5, 0.6) is 0 Å². The first kappa shape index (κ1) is 14.0. The maximum atomic E-state index is 13.3. The number of rotatable bonds is 5. The van der Waals surface area contributed by atoms with Crippen LogP contribution in [-0.2, 0) is 6.54 Å². The number of halogens is 1. The van der Waals surface area contributed by atoms with E-state index in [-0.39, 0.29) is 5.82 Å². The fraction of sp³-hybridized carbons (Fsp3) is 0.353. The molecule has 1 aromatic carbocycles. The summed E-state index contributed by atoms with van der Waals surface area (Å²) in [4.78, 5) is 6.54. The van der Waals surface area contributed by atoms with Gasteiger partial charge in [-0.25, -0.2) is 9.37 Å². The summed E-state index contributed by atoms with van der Waals surface area (Å²) in [6.07, 6.45) is 2.57. The Hall–Kier alpha value is -1.94. The molecule has 0 aliphatic heterocycles. The van der Waals surface area contributed by atoms with Gasteiger partial charge in [-0.15, -0.1) is 0 Å². The molecule has 1 aliphatic carbocycles. The number of pyridine rings is 1. The fourth-order valence-electron chi connectivity index (χ4n) is 2.31. The first-order valence-corrected chi connectivity index (χ1v) is 7.32. The third kappa shape index (κ3) is 3.39. The van der Waals surface area contributed by atoms with Gasteiger partial charge in [-0.3, -0.25) is 0 Å². The first-order valence-electron chi connectivity index (χ1n) is 7.32. The van der Waals surface area contributed by atoms with Gasteiger partial charge in [0.2, 0.25) is 0 Å². The van der Waals surface area contributed by atoms with Gasteiger partial charge in [-0.05, 0) is 49.6 Å². The van der Waals surface area contributed by atoms with Crippen molar-refractivity contribution in [2.75, 3.05) is 11.9 Å². The van der Waals surface area contributed by atoms with Crippen LogP contribution in [-0.4, -0.2) is 18.1 Å². The highest BCUT2D eigenvalue weighted by molar-refractivity contribution is 5.59. The summed E-state index contributed by atoms with van der Waals surface area (Å²) in [5, 5.41) is 3.50. The Morgan fingerprint density at radius 1 is 1.29 bits per heavy atom. The normalized spacial score (nSPS) is 14.2. The SMILES string of the molecule is Cc1nc(N(C)c2cccc(F)c2)ccc1CNC1CC1. The van der Waals surface area contributed by atoms with Gasteiger partial charge in [0.15, 0.2) is 0 Å². The number of benzene rings is 1. The molecule has 21 heavy (non-hydrogen) atoms. The summed E-state index contributed by atoms with van der Waals surface area (Å²) in [5.74, 6) is 0.592. The van der Waals surface area contributed by atoms with Crippen LogP contribution in [0.1, 0.15) is 24.1 Å². The third-order valence-corrected chi connectivity index (χ3v) is 3.88. The summed E-state index contributed by atoms with van der Waals surface area (Å²) < 4.78 is 13.3. The second-order valence-electron chi connectivity index (χ2n) is 5.61. The molecule has 0 spiro atoms. The number of nitrogens with one attached hydrogen (secondary N) is 1. The van der Waals surface area contributed by atoms with Crippen molar-refractivity contribution in [1.29, 1.82) is 0 Å². The fourth-order valence-corrected chi connectivity index (χ4v) is 2.31. The molecule has 3 nitrogen and oxygen atoms in total. The van der Waals surface area contributed by atoms with Crippen molar-refractivity contribution in [3.8, 4) is 0 Å². The van der Waals surface area contributed by atoms with Gasteiger partial charge < -0.3 is 10.2 Å². The lowest BCUT2D eigenvalue weighted by atomic mass is 10.2. The van der Waals surface area contributed by atoms with E-state index in [1.54, 1.807) is 6.07 Å². The van der Waals surface area contributed by atoms with E-state index in [0.29, 0.717) is 6.04 Å². The van der Waals surface area contributed by atoms with E-state index in [0.717, 1.165) is 23.7 Å².